The van der Waals surface area contributed by atoms with Gasteiger partial charge in [-0.05, 0) is 17.7 Å². The number of ether oxygens (including phenoxy) is 2. The Morgan fingerprint density at radius 1 is 1.35 bits per heavy atom. The van der Waals surface area contributed by atoms with Gasteiger partial charge in [-0.15, -0.1) is 0 Å². The third-order valence-corrected chi connectivity index (χ3v) is 3.94. The van der Waals surface area contributed by atoms with Crippen molar-refractivity contribution in [1.29, 1.82) is 0 Å². The van der Waals surface area contributed by atoms with Crippen LogP contribution in [0.25, 0.3) is 0 Å². The predicted octanol–water partition coefficient (Wildman–Crippen LogP) is 1.88. The van der Waals surface area contributed by atoms with Crippen LogP contribution in [0.4, 0.5) is 0 Å². The number of nitrogens with zero attached hydrogens (tertiary/aromatic N) is 1. The Labute approximate surface area is 123 Å². The first-order valence-corrected chi connectivity index (χ1v) is 6.72. The Morgan fingerprint density at radius 2 is 1.95 bits per heavy atom. The molecule has 2 rings (SSSR count). The molecule has 0 aromatic heterocycles. The maximum atomic E-state index is 10.9. The minimum atomic E-state index is -0.974. The summed E-state index contributed by atoms with van der Waals surface area (Å²) in [6, 6.07) is 4.81. The molecule has 1 fully saturated rings. The summed E-state index contributed by atoms with van der Waals surface area (Å²) in [6.45, 7) is 2.19. The van der Waals surface area contributed by atoms with Crippen LogP contribution in [-0.2, 0) is 16.0 Å². The Morgan fingerprint density at radius 3 is 2.40 bits per heavy atom. The molecule has 2 unspecified atom stereocenters. The van der Waals surface area contributed by atoms with E-state index in [1.165, 1.54) is 6.07 Å². The summed E-state index contributed by atoms with van der Waals surface area (Å²) in [5, 5.41) is 9.39. The summed E-state index contributed by atoms with van der Waals surface area (Å²) in [7, 11) is 3.35. The summed E-state index contributed by atoms with van der Waals surface area (Å²) in [6.07, 6.45) is 0.106. The van der Waals surface area contributed by atoms with E-state index in [0.29, 0.717) is 11.6 Å². The molecule has 1 aliphatic heterocycles. The molecule has 1 saturated heterocycles. The van der Waals surface area contributed by atoms with E-state index in [4.69, 9.17) is 26.2 Å². The molecule has 1 N–H and O–H groups in total. The van der Waals surface area contributed by atoms with Gasteiger partial charge < -0.3 is 14.6 Å². The highest BCUT2D eigenvalue weighted by Gasteiger charge is 2.32. The van der Waals surface area contributed by atoms with E-state index in [1.807, 2.05) is 0 Å². The predicted molar refractivity (Wildman–Crippen MR) is 75.3 cm³/mol. The number of carbonyl (C=O) groups is 1. The van der Waals surface area contributed by atoms with Gasteiger partial charge in [-0.1, -0.05) is 17.7 Å². The largest absolute Gasteiger partial charge is 0.478 e. The van der Waals surface area contributed by atoms with Crippen molar-refractivity contribution in [2.24, 2.45) is 0 Å². The monoisotopic (exact) mass is 299 g/mol. The molecule has 1 heterocycles. The van der Waals surface area contributed by atoms with Crippen LogP contribution >= 0.6 is 11.6 Å². The number of carboxylic acids is 1. The Hall–Kier alpha value is -1.14. The number of hydrogen-bond donors (Lipinski definition) is 1. The van der Waals surface area contributed by atoms with E-state index >= 15 is 0 Å². The van der Waals surface area contributed by atoms with Crippen molar-refractivity contribution in [2.45, 2.75) is 18.8 Å². The summed E-state index contributed by atoms with van der Waals surface area (Å²) in [4.78, 5) is 13.1. The minimum Gasteiger partial charge on any atom is -0.478 e. The van der Waals surface area contributed by atoms with E-state index in [1.54, 1.807) is 26.4 Å². The quantitative estimate of drug-likeness (QED) is 0.899. The van der Waals surface area contributed by atoms with Gasteiger partial charge >= 0.3 is 5.97 Å². The molecule has 2 atom stereocenters. The van der Waals surface area contributed by atoms with Crippen molar-refractivity contribution in [3.05, 3.63) is 34.3 Å². The van der Waals surface area contributed by atoms with Crippen LogP contribution in [-0.4, -0.2) is 55.5 Å². The van der Waals surface area contributed by atoms with Crippen LogP contribution in [0.15, 0.2) is 18.2 Å². The first-order chi connectivity index (χ1) is 9.55. The highest BCUT2D eigenvalue weighted by molar-refractivity contribution is 6.31. The first kappa shape index (κ1) is 15.3. The zero-order chi connectivity index (χ0) is 14.7. The van der Waals surface area contributed by atoms with Crippen LogP contribution in [0.3, 0.4) is 0 Å². The van der Waals surface area contributed by atoms with Crippen molar-refractivity contribution in [2.75, 3.05) is 27.3 Å². The van der Waals surface area contributed by atoms with Gasteiger partial charge in [0, 0.05) is 38.9 Å². The highest BCUT2D eigenvalue weighted by Crippen LogP contribution is 2.23. The zero-order valence-electron chi connectivity index (χ0n) is 11.5. The zero-order valence-corrected chi connectivity index (χ0v) is 12.3. The fraction of sp³-hybridized carbons (Fsp3) is 0.500. The summed E-state index contributed by atoms with van der Waals surface area (Å²) in [5.74, 6) is -0.974. The van der Waals surface area contributed by atoms with E-state index in [-0.39, 0.29) is 17.8 Å². The minimum absolute atomic E-state index is 0.0528. The molecule has 0 bridgehead atoms. The topological polar surface area (TPSA) is 59.0 Å². The summed E-state index contributed by atoms with van der Waals surface area (Å²) < 4.78 is 10.8. The standard InChI is InChI=1S/C14H18ClNO4/c1-19-12-7-16(8-13(12)20-2)6-10-4-3-9(14(17)18)5-11(10)15/h3-5,12-13H,6-8H2,1-2H3,(H,17,18). The molecule has 6 heteroatoms. The molecule has 0 aliphatic carbocycles. The van der Waals surface area contributed by atoms with Crippen LogP contribution in [0.1, 0.15) is 15.9 Å². The van der Waals surface area contributed by atoms with Crippen LogP contribution in [0, 0.1) is 0 Å². The van der Waals surface area contributed by atoms with Gasteiger partial charge in [0.15, 0.2) is 0 Å². The fourth-order valence-electron chi connectivity index (χ4n) is 2.45. The van der Waals surface area contributed by atoms with Gasteiger partial charge in [0.05, 0.1) is 17.8 Å². The number of hydrogen-bond acceptors (Lipinski definition) is 4. The fourth-order valence-corrected chi connectivity index (χ4v) is 2.69. The maximum absolute atomic E-state index is 10.9. The summed E-state index contributed by atoms with van der Waals surface area (Å²) in [5.41, 5.74) is 1.10. The molecule has 0 saturated carbocycles. The second-order valence-electron chi connectivity index (χ2n) is 4.85. The van der Waals surface area contributed by atoms with Crippen LogP contribution in [0.5, 0.6) is 0 Å². The third kappa shape index (κ3) is 3.30. The number of carboxylic acid groups (broad SMARTS) is 1. The second-order valence-corrected chi connectivity index (χ2v) is 5.26. The Bertz CT molecular complexity index is 482. The van der Waals surface area contributed by atoms with Gasteiger partial charge in [0.2, 0.25) is 0 Å². The number of halogens is 1. The van der Waals surface area contributed by atoms with Crippen molar-refractivity contribution in [1.82, 2.24) is 4.90 Å². The van der Waals surface area contributed by atoms with Gasteiger partial charge in [-0.3, -0.25) is 4.90 Å². The SMILES string of the molecule is COC1CN(Cc2ccc(C(=O)O)cc2Cl)CC1OC. The average Bonchev–Trinajstić information content (AvgIpc) is 2.83. The lowest BCUT2D eigenvalue weighted by atomic mass is 10.1. The maximum Gasteiger partial charge on any atom is 0.335 e. The molecular weight excluding hydrogens is 282 g/mol. The lowest BCUT2D eigenvalue weighted by Crippen LogP contribution is -2.27. The lowest BCUT2D eigenvalue weighted by Gasteiger charge is -2.16. The molecule has 1 aromatic rings. The van der Waals surface area contributed by atoms with Crippen molar-refractivity contribution >= 4 is 17.6 Å². The third-order valence-electron chi connectivity index (χ3n) is 3.59. The number of rotatable bonds is 5. The molecule has 0 radical (unpaired) electrons. The van der Waals surface area contributed by atoms with Crippen molar-refractivity contribution < 1.29 is 19.4 Å². The number of aromatic carboxylic acids is 1. The van der Waals surface area contributed by atoms with E-state index < -0.39 is 5.97 Å². The molecule has 5 nitrogen and oxygen atoms in total. The molecule has 1 aromatic carbocycles. The van der Waals surface area contributed by atoms with E-state index in [2.05, 4.69) is 4.90 Å². The average molecular weight is 300 g/mol. The van der Waals surface area contributed by atoms with Crippen molar-refractivity contribution in [3.8, 4) is 0 Å². The number of likely N-dealkylation sites (tertiary alicyclic amines) is 1. The first-order valence-electron chi connectivity index (χ1n) is 6.34. The van der Waals surface area contributed by atoms with Crippen LogP contribution in [0.2, 0.25) is 5.02 Å². The second kappa shape index (κ2) is 6.54. The van der Waals surface area contributed by atoms with Gasteiger partial charge in [0.25, 0.3) is 0 Å². The number of methoxy groups -OCH3 is 2. The molecule has 0 amide bonds. The Balaban J connectivity index is 2.06. The smallest absolute Gasteiger partial charge is 0.335 e. The normalized spacial score (nSPS) is 23.1. The van der Waals surface area contributed by atoms with E-state index in [0.717, 1.165) is 18.7 Å². The molecule has 1 aliphatic rings. The van der Waals surface area contributed by atoms with Crippen LogP contribution < -0.4 is 0 Å². The Kier molecular flexibility index (Phi) is 4.99. The molecule has 20 heavy (non-hydrogen) atoms. The summed E-state index contributed by atoms with van der Waals surface area (Å²) >= 11 is 6.14. The lowest BCUT2D eigenvalue weighted by molar-refractivity contribution is -0.00461. The highest BCUT2D eigenvalue weighted by atomic mass is 35.5. The van der Waals surface area contributed by atoms with E-state index in [9.17, 15) is 4.79 Å². The molecule has 0 spiro atoms. The molecule has 110 valence electrons. The molecular formula is C14H18ClNO4. The van der Waals surface area contributed by atoms with Gasteiger partial charge in [-0.25, -0.2) is 4.79 Å². The number of benzene rings is 1. The van der Waals surface area contributed by atoms with Crippen molar-refractivity contribution in [3.63, 3.8) is 0 Å². The van der Waals surface area contributed by atoms with Gasteiger partial charge in [-0.2, -0.15) is 0 Å². The van der Waals surface area contributed by atoms with Gasteiger partial charge in [0.1, 0.15) is 0 Å².